The first kappa shape index (κ1) is 18.2. The van der Waals surface area contributed by atoms with Crippen LogP contribution in [0.15, 0.2) is 24.4 Å². The van der Waals surface area contributed by atoms with Gasteiger partial charge >= 0.3 is 5.97 Å². The first-order chi connectivity index (χ1) is 11.5. The van der Waals surface area contributed by atoms with Crippen LogP contribution < -0.4 is 10.5 Å². The van der Waals surface area contributed by atoms with Gasteiger partial charge in [-0.15, -0.1) is 0 Å². The molecule has 0 spiro atoms. The van der Waals surface area contributed by atoms with Gasteiger partial charge in [0.1, 0.15) is 11.5 Å². The molecule has 1 heterocycles. The van der Waals surface area contributed by atoms with E-state index in [4.69, 9.17) is 10.5 Å². The van der Waals surface area contributed by atoms with Crippen LogP contribution in [0.4, 0.5) is 0 Å². The third-order valence-corrected chi connectivity index (χ3v) is 4.35. The molecule has 0 bridgehead atoms. The molecule has 3 N–H and O–H groups in total. The average molecular weight is 330 g/mol. The van der Waals surface area contributed by atoms with E-state index in [9.17, 15) is 9.59 Å². The number of nitrogens with one attached hydrogen (secondary N) is 1. The maximum Gasteiger partial charge on any atom is 0.311 e. The van der Waals surface area contributed by atoms with Crippen molar-refractivity contribution in [3.05, 3.63) is 30.0 Å². The third-order valence-electron chi connectivity index (χ3n) is 4.35. The molecule has 0 amide bonds. The van der Waals surface area contributed by atoms with E-state index in [1.54, 1.807) is 6.07 Å². The van der Waals surface area contributed by atoms with Gasteiger partial charge in [0.25, 0.3) is 0 Å². The molecule has 24 heavy (non-hydrogen) atoms. The summed E-state index contributed by atoms with van der Waals surface area (Å²) in [5.74, 6) is 0.504. The Morgan fingerprint density at radius 3 is 2.79 bits per heavy atom. The zero-order valence-electron chi connectivity index (χ0n) is 14.4. The summed E-state index contributed by atoms with van der Waals surface area (Å²) in [6.07, 6.45) is 4.77. The number of benzene rings is 1. The number of aromatic nitrogens is 1. The van der Waals surface area contributed by atoms with Crippen LogP contribution >= 0.6 is 0 Å². The number of carbonyl (C=O) groups is 2. The van der Waals surface area contributed by atoms with Crippen LogP contribution in [0.5, 0.6) is 5.75 Å². The number of H-pyrrole nitrogens is 1. The van der Waals surface area contributed by atoms with Gasteiger partial charge in [0.05, 0.1) is 0 Å². The Kier molecular flexibility index (Phi) is 6.55. The monoisotopic (exact) mass is 330 g/mol. The van der Waals surface area contributed by atoms with Gasteiger partial charge < -0.3 is 15.5 Å². The Bertz CT molecular complexity index is 706. The molecule has 2 aromatic rings. The first-order valence-corrected chi connectivity index (χ1v) is 8.58. The number of esters is 1. The number of ether oxygens (including phenoxy) is 1. The van der Waals surface area contributed by atoms with E-state index in [0.29, 0.717) is 25.1 Å². The zero-order valence-corrected chi connectivity index (χ0v) is 14.4. The highest BCUT2D eigenvalue weighted by atomic mass is 16.5. The molecule has 0 fully saturated rings. The largest absolute Gasteiger partial charge is 0.427 e. The zero-order chi connectivity index (χ0) is 17.5. The number of nitrogens with two attached hydrogens (primary N) is 1. The minimum absolute atomic E-state index is 0.0676. The van der Waals surface area contributed by atoms with Gasteiger partial charge in [-0.05, 0) is 49.6 Å². The van der Waals surface area contributed by atoms with Crippen molar-refractivity contribution in [3.8, 4) is 5.75 Å². The standard InChI is InChI=1S/C19H26N2O3/c1-3-13(2)18(22)5-4-6-19(23)24-15-7-8-17-16(11-15)14(9-10-20)12-21-17/h7-8,11-13,21H,3-6,9-10,20H2,1-2H3. The second-order valence-electron chi connectivity index (χ2n) is 6.16. The van der Waals surface area contributed by atoms with Crippen LogP contribution in [0.2, 0.25) is 0 Å². The van der Waals surface area contributed by atoms with Crippen molar-refractivity contribution in [2.45, 2.75) is 46.0 Å². The lowest BCUT2D eigenvalue weighted by atomic mass is 9.99. The summed E-state index contributed by atoms with van der Waals surface area (Å²) in [6.45, 7) is 4.49. The molecule has 0 saturated carbocycles. The van der Waals surface area contributed by atoms with Crippen LogP contribution in [0, 0.1) is 5.92 Å². The van der Waals surface area contributed by atoms with E-state index in [1.165, 1.54) is 0 Å². The highest BCUT2D eigenvalue weighted by molar-refractivity contribution is 5.85. The van der Waals surface area contributed by atoms with Crippen LogP contribution in [-0.4, -0.2) is 23.3 Å². The number of hydrogen-bond donors (Lipinski definition) is 2. The lowest BCUT2D eigenvalue weighted by Crippen LogP contribution is -2.12. The molecule has 130 valence electrons. The van der Waals surface area contributed by atoms with E-state index >= 15 is 0 Å². The topological polar surface area (TPSA) is 85.2 Å². The molecule has 0 saturated heterocycles. The molecule has 1 aromatic carbocycles. The molecule has 1 aromatic heterocycles. The summed E-state index contributed by atoms with van der Waals surface area (Å²) in [6, 6.07) is 5.52. The molecule has 5 heteroatoms. The van der Waals surface area contributed by atoms with Gasteiger partial charge in [0.15, 0.2) is 0 Å². The maximum absolute atomic E-state index is 12.0. The maximum atomic E-state index is 12.0. The molecule has 2 rings (SSSR count). The van der Waals surface area contributed by atoms with Gasteiger partial charge in [-0.2, -0.15) is 0 Å². The van der Waals surface area contributed by atoms with Crippen LogP contribution in [-0.2, 0) is 16.0 Å². The second-order valence-corrected chi connectivity index (χ2v) is 6.16. The van der Waals surface area contributed by atoms with E-state index < -0.39 is 0 Å². The molecular weight excluding hydrogens is 304 g/mol. The fraction of sp³-hybridized carbons (Fsp3) is 0.474. The Labute approximate surface area is 142 Å². The highest BCUT2D eigenvalue weighted by Crippen LogP contribution is 2.24. The van der Waals surface area contributed by atoms with Gasteiger partial charge in [-0.3, -0.25) is 9.59 Å². The van der Waals surface area contributed by atoms with Crippen LogP contribution in [0.25, 0.3) is 10.9 Å². The summed E-state index contributed by atoms with van der Waals surface area (Å²) in [7, 11) is 0. The lowest BCUT2D eigenvalue weighted by Gasteiger charge is -2.07. The highest BCUT2D eigenvalue weighted by Gasteiger charge is 2.12. The molecule has 0 aliphatic carbocycles. The summed E-state index contributed by atoms with van der Waals surface area (Å²) in [5.41, 5.74) is 7.73. The Hall–Kier alpha value is -2.14. The Morgan fingerprint density at radius 2 is 2.08 bits per heavy atom. The molecule has 1 atom stereocenters. The first-order valence-electron chi connectivity index (χ1n) is 8.58. The van der Waals surface area contributed by atoms with E-state index in [-0.39, 0.29) is 24.1 Å². The van der Waals surface area contributed by atoms with E-state index in [1.807, 2.05) is 32.2 Å². The lowest BCUT2D eigenvalue weighted by molar-refractivity contribution is -0.134. The summed E-state index contributed by atoms with van der Waals surface area (Å²) >= 11 is 0. The number of carbonyl (C=O) groups excluding carboxylic acids is 2. The number of fused-ring (bicyclic) bond motifs is 1. The molecule has 0 aliphatic rings. The minimum atomic E-state index is -0.304. The molecule has 0 aliphatic heterocycles. The molecule has 5 nitrogen and oxygen atoms in total. The minimum Gasteiger partial charge on any atom is -0.427 e. The van der Waals surface area contributed by atoms with Gasteiger partial charge in [0.2, 0.25) is 0 Å². The second kappa shape index (κ2) is 8.64. The van der Waals surface area contributed by atoms with Crippen molar-refractivity contribution in [2.24, 2.45) is 11.7 Å². The van der Waals surface area contributed by atoms with Crippen molar-refractivity contribution in [1.29, 1.82) is 0 Å². The molecule has 0 radical (unpaired) electrons. The fourth-order valence-electron chi connectivity index (χ4n) is 2.65. The summed E-state index contributed by atoms with van der Waals surface area (Å²) in [5, 5.41) is 1.03. The third kappa shape index (κ3) is 4.68. The quantitative estimate of drug-likeness (QED) is 0.545. The van der Waals surface area contributed by atoms with Crippen molar-refractivity contribution in [3.63, 3.8) is 0 Å². The predicted molar refractivity (Wildman–Crippen MR) is 95.0 cm³/mol. The number of ketones is 1. The number of Topliss-reactive ketones (excluding diaryl/α,β-unsaturated/α-hetero) is 1. The van der Waals surface area contributed by atoms with E-state index in [0.717, 1.165) is 29.3 Å². The van der Waals surface area contributed by atoms with Crippen molar-refractivity contribution < 1.29 is 14.3 Å². The number of hydrogen-bond acceptors (Lipinski definition) is 4. The predicted octanol–water partition coefficient (Wildman–Crippen LogP) is 3.36. The Morgan fingerprint density at radius 1 is 1.29 bits per heavy atom. The number of aromatic amines is 1. The average Bonchev–Trinajstić information content (AvgIpc) is 2.96. The van der Waals surface area contributed by atoms with Crippen LogP contribution in [0.1, 0.15) is 45.1 Å². The van der Waals surface area contributed by atoms with Gasteiger partial charge in [0, 0.05) is 35.9 Å². The summed E-state index contributed by atoms with van der Waals surface area (Å²) < 4.78 is 5.40. The van der Waals surface area contributed by atoms with Gasteiger partial charge in [-0.25, -0.2) is 0 Å². The van der Waals surface area contributed by atoms with Crippen molar-refractivity contribution >= 4 is 22.7 Å². The molecule has 1 unspecified atom stereocenters. The Balaban J connectivity index is 1.90. The van der Waals surface area contributed by atoms with Gasteiger partial charge in [-0.1, -0.05) is 13.8 Å². The molecular formula is C19H26N2O3. The number of rotatable bonds is 9. The van der Waals surface area contributed by atoms with Crippen LogP contribution in [0.3, 0.4) is 0 Å². The smallest absolute Gasteiger partial charge is 0.311 e. The van der Waals surface area contributed by atoms with Crippen molar-refractivity contribution in [1.82, 2.24) is 4.98 Å². The van der Waals surface area contributed by atoms with E-state index in [2.05, 4.69) is 4.98 Å². The normalized spacial score (nSPS) is 12.3. The fourth-order valence-corrected chi connectivity index (χ4v) is 2.65. The summed E-state index contributed by atoms with van der Waals surface area (Å²) in [4.78, 5) is 26.9. The SMILES string of the molecule is CCC(C)C(=O)CCCC(=O)Oc1ccc2[nH]cc(CCN)c2c1. The van der Waals surface area contributed by atoms with Crippen molar-refractivity contribution in [2.75, 3.05) is 6.54 Å².